The van der Waals surface area contributed by atoms with Crippen molar-refractivity contribution in [3.05, 3.63) is 0 Å². The van der Waals surface area contributed by atoms with Crippen molar-refractivity contribution in [3.63, 3.8) is 0 Å². The summed E-state index contributed by atoms with van der Waals surface area (Å²) in [4.78, 5) is 0. The summed E-state index contributed by atoms with van der Waals surface area (Å²) in [7, 11) is 0. The van der Waals surface area contributed by atoms with Crippen LogP contribution in [0.4, 0.5) is 0 Å². The lowest BCUT2D eigenvalue weighted by Crippen LogP contribution is -2.45. The fraction of sp³-hybridized carbons (Fsp3) is 1.00. The Morgan fingerprint density at radius 3 is 2.82 bits per heavy atom. The van der Waals surface area contributed by atoms with Crippen LogP contribution in [0.15, 0.2) is 0 Å². The molecule has 0 spiro atoms. The van der Waals surface area contributed by atoms with E-state index in [0.717, 1.165) is 0 Å². The van der Waals surface area contributed by atoms with Gasteiger partial charge >= 0.3 is 0 Å². The number of hydrogen-bond donors (Lipinski definition) is 2. The summed E-state index contributed by atoms with van der Waals surface area (Å²) in [5.74, 6) is 0.334. The molecule has 0 radical (unpaired) electrons. The van der Waals surface area contributed by atoms with E-state index in [0.29, 0.717) is 19.8 Å². The van der Waals surface area contributed by atoms with E-state index in [4.69, 9.17) is 10.5 Å². The van der Waals surface area contributed by atoms with Gasteiger partial charge in [0.1, 0.15) is 0 Å². The van der Waals surface area contributed by atoms with Crippen LogP contribution in [0.1, 0.15) is 13.8 Å². The fourth-order valence-electron chi connectivity index (χ4n) is 1.52. The Hall–Kier alpha value is -0.120. The molecule has 3 atom stereocenters. The highest BCUT2D eigenvalue weighted by molar-refractivity contribution is 4.92. The van der Waals surface area contributed by atoms with E-state index in [2.05, 4.69) is 0 Å². The maximum absolute atomic E-state index is 10.0. The van der Waals surface area contributed by atoms with Crippen LogP contribution in [-0.2, 0) is 4.74 Å². The zero-order valence-corrected chi connectivity index (χ0v) is 7.21. The molecule has 1 aliphatic heterocycles. The summed E-state index contributed by atoms with van der Waals surface area (Å²) in [6.07, 6.45) is 0. The molecule has 3 nitrogen and oxygen atoms in total. The van der Waals surface area contributed by atoms with Crippen LogP contribution in [0.3, 0.4) is 0 Å². The number of hydrogen-bond acceptors (Lipinski definition) is 3. The van der Waals surface area contributed by atoms with Crippen LogP contribution in [0.5, 0.6) is 0 Å². The molecule has 1 rings (SSSR count). The molecular weight excluding hydrogens is 142 g/mol. The Balaban J connectivity index is 2.64. The number of nitrogens with two attached hydrogens (primary N) is 1. The van der Waals surface area contributed by atoms with E-state index < -0.39 is 5.60 Å². The first-order chi connectivity index (χ1) is 5.11. The molecule has 0 aromatic carbocycles. The summed E-state index contributed by atoms with van der Waals surface area (Å²) in [5, 5.41) is 10.0. The van der Waals surface area contributed by atoms with Gasteiger partial charge in [0.05, 0.1) is 18.8 Å². The number of ether oxygens (including phenoxy) is 1. The predicted molar refractivity (Wildman–Crippen MR) is 43.2 cm³/mol. The molecule has 11 heavy (non-hydrogen) atoms. The van der Waals surface area contributed by atoms with Gasteiger partial charge in [-0.1, -0.05) is 13.8 Å². The highest BCUT2D eigenvalue weighted by atomic mass is 16.5. The molecule has 1 saturated heterocycles. The van der Waals surface area contributed by atoms with E-state index >= 15 is 0 Å². The molecule has 1 aliphatic rings. The SMILES string of the molecule is CC(CN)C1(O)COCC1C. The van der Waals surface area contributed by atoms with Crippen molar-refractivity contribution >= 4 is 0 Å². The molecular formula is C8H17NO2. The Morgan fingerprint density at radius 2 is 2.45 bits per heavy atom. The molecule has 66 valence electrons. The lowest BCUT2D eigenvalue weighted by Gasteiger charge is -2.31. The summed E-state index contributed by atoms with van der Waals surface area (Å²) < 4.78 is 5.19. The van der Waals surface area contributed by atoms with Gasteiger partial charge < -0.3 is 15.6 Å². The summed E-state index contributed by atoms with van der Waals surface area (Å²) in [6.45, 7) is 5.57. The molecule has 1 heterocycles. The molecule has 0 amide bonds. The predicted octanol–water partition coefficient (Wildman–Crippen LogP) is -0.0214. The zero-order valence-electron chi connectivity index (χ0n) is 7.21. The van der Waals surface area contributed by atoms with E-state index in [9.17, 15) is 5.11 Å². The van der Waals surface area contributed by atoms with Gasteiger partial charge in [-0.2, -0.15) is 0 Å². The fourth-order valence-corrected chi connectivity index (χ4v) is 1.52. The van der Waals surface area contributed by atoms with Crippen LogP contribution in [0.25, 0.3) is 0 Å². The van der Waals surface area contributed by atoms with Crippen LogP contribution in [0, 0.1) is 11.8 Å². The minimum atomic E-state index is -0.686. The lowest BCUT2D eigenvalue weighted by molar-refractivity contribution is -0.0381. The Bertz CT molecular complexity index is 140. The van der Waals surface area contributed by atoms with Crippen molar-refractivity contribution in [3.8, 4) is 0 Å². The van der Waals surface area contributed by atoms with Crippen molar-refractivity contribution in [2.75, 3.05) is 19.8 Å². The Labute approximate surface area is 67.5 Å². The quantitative estimate of drug-likeness (QED) is 0.595. The van der Waals surface area contributed by atoms with E-state index in [1.165, 1.54) is 0 Å². The van der Waals surface area contributed by atoms with Crippen LogP contribution < -0.4 is 5.73 Å². The molecule has 3 N–H and O–H groups in total. The van der Waals surface area contributed by atoms with Gasteiger partial charge in [0.2, 0.25) is 0 Å². The van der Waals surface area contributed by atoms with Crippen LogP contribution in [-0.4, -0.2) is 30.5 Å². The average molecular weight is 159 g/mol. The van der Waals surface area contributed by atoms with Crippen molar-refractivity contribution in [1.82, 2.24) is 0 Å². The maximum Gasteiger partial charge on any atom is 0.0964 e. The third-order valence-electron chi connectivity index (χ3n) is 2.76. The first-order valence-electron chi connectivity index (χ1n) is 4.11. The van der Waals surface area contributed by atoms with E-state index in [1.54, 1.807) is 0 Å². The van der Waals surface area contributed by atoms with Crippen molar-refractivity contribution in [2.45, 2.75) is 19.4 Å². The first-order valence-corrected chi connectivity index (χ1v) is 4.11. The molecule has 0 bridgehead atoms. The molecule has 1 fully saturated rings. The monoisotopic (exact) mass is 159 g/mol. The third-order valence-corrected chi connectivity index (χ3v) is 2.76. The summed E-state index contributed by atoms with van der Waals surface area (Å²) in [6, 6.07) is 0. The first kappa shape index (κ1) is 8.97. The maximum atomic E-state index is 10.0. The van der Waals surface area contributed by atoms with E-state index in [-0.39, 0.29) is 11.8 Å². The average Bonchev–Trinajstić information content (AvgIpc) is 2.32. The second-order valence-electron chi connectivity index (χ2n) is 3.54. The second-order valence-corrected chi connectivity index (χ2v) is 3.54. The minimum Gasteiger partial charge on any atom is -0.387 e. The Kier molecular flexibility index (Phi) is 2.52. The highest BCUT2D eigenvalue weighted by Gasteiger charge is 2.43. The van der Waals surface area contributed by atoms with Gasteiger partial charge in [-0.25, -0.2) is 0 Å². The summed E-state index contributed by atoms with van der Waals surface area (Å²) in [5.41, 5.74) is 4.80. The zero-order chi connectivity index (χ0) is 8.48. The smallest absolute Gasteiger partial charge is 0.0964 e. The van der Waals surface area contributed by atoms with E-state index in [1.807, 2.05) is 13.8 Å². The van der Waals surface area contributed by atoms with Crippen LogP contribution >= 0.6 is 0 Å². The molecule has 0 aromatic rings. The molecule has 0 saturated carbocycles. The van der Waals surface area contributed by atoms with Crippen LogP contribution in [0.2, 0.25) is 0 Å². The minimum absolute atomic E-state index is 0.125. The molecule has 3 unspecified atom stereocenters. The largest absolute Gasteiger partial charge is 0.387 e. The molecule has 0 aliphatic carbocycles. The van der Waals surface area contributed by atoms with Crippen molar-refractivity contribution < 1.29 is 9.84 Å². The third kappa shape index (κ3) is 1.41. The molecule has 0 aromatic heterocycles. The van der Waals surface area contributed by atoms with Crippen molar-refractivity contribution in [2.24, 2.45) is 17.6 Å². The summed E-state index contributed by atoms with van der Waals surface area (Å²) >= 11 is 0. The van der Waals surface area contributed by atoms with Gasteiger partial charge in [0.25, 0.3) is 0 Å². The van der Waals surface area contributed by atoms with Gasteiger partial charge in [-0.05, 0) is 12.5 Å². The van der Waals surface area contributed by atoms with Crippen molar-refractivity contribution in [1.29, 1.82) is 0 Å². The highest BCUT2D eigenvalue weighted by Crippen LogP contribution is 2.31. The molecule has 3 heteroatoms. The number of rotatable bonds is 2. The standard InChI is InChI=1S/C8H17NO2/c1-6(3-9)8(10)5-11-4-7(8)2/h6-7,10H,3-5,9H2,1-2H3. The Morgan fingerprint density at radius 1 is 1.82 bits per heavy atom. The lowest BCUT2D eigenvalue weighted by atomic mass is 9.81. The second kappa shape index (κ2) is 3.09. The topological polar surface area (TPSA) is 55.5 Å². The van der Waals surface area contributed by atoms with Gasteiger partial charge in [0.15, 0.2) is 0 Å². The van der Waals surface area contributed by atoms with Gasteiger partial charge in [0, 0.05) is 5.92 Å². The van der Waals surface area contributed by atoms with Gasteiger partial charge in [-0.3, -0.25) is 0 Å². The number of aliphatic hydroxyl groups is 1. The normalized spacial score (nSPS) is 40.9. The van der Waals surface area contributed by atoms with Gasteiger partial charge in [-0.15, -0.1) is 0 Å².